The molecule has 2 heterocycles. The molecule has 2 aliphatic rings. The van der Waals surface area contributed by atoms with Gasteiger partial charge in [0.1, 0.15) is 0 Å². The third-order valence-corrected chi connectivity index (χ3v) is 8.09. The van der Waals surface area contributed by atoms with Gasteiger partial charge in [-0.05, 0) is 48.4 Å². The molecular weight excluding hydrogens is 466 g/mol. The van der Waals surface area contributed by atoms with Gasteiger partial charge in [-0.3, -0.25) is 4.79 Å². The molecule has 1 fully saturated rings. The molecule has 1 aromatic heterocycles. The number of rotatable bonds is 5. The largest absolute Gasteiger partial charge is 0.493 e. The Labute approximate surface area is 196 Å². The van der Waals surface area contributed by atoms with E-state index < -0.39 is 15.9 Å². The average Bonchev–Trinajstić information content (AvgIpc) is 3.44. The Kier molecular flexibility index (Phi) is 5.33. The lowest BCUT2D eigenvalue weighted by molar-refractivity contribution is 0.0935. The lowest BCUT2D eigenvalue weighted by atomic mass is 10.1. The summed E-state index contributed by atoms with van der Waals surface area (Å²) < 4.78 is 36.3. The van der Waals surface area contributed by atoms with E-state index in [4.69, 9.17) is 21.1 Å². The van der Waals surface area contributed by atoms with Gasteiger partial charge in [0.25, 0.3) is 5.91 Å². The van der Waals surface area contributed by atoms with Crippen LogP contribution in [-0.2, 0) is 16.3 Å². The number of amides is 1. The number of hydrogen-bond donors (Lipinski definition) is 1. The molecule has 1 N–H and O–H groups in total. The van der Waals surface area contributed by atoms with Gasteiger partial charge >= 0.3 is 0 Å². The minimum absolute atomic E-state index is 0.0482. The highest BCUT2D eigenvalue weighted by Gasteiger charge is 2.35. The van der Waals surface area contributed by atoms with Crippen molar-refractivity contribution in [1.82, 2.24) is 15.1 Å². The molecule has 2 aromatic carbocycles. The Morgan fingerprint density at radius 3 is 2.48 bits per heavy atom. The van der Waals surface area contributed by atoms with E-state index in [1.165, 1.54) is 0 Å². The molecule has 0 spiro atoms. The molecule has 0 radical (unpaired) electrons. The van der Waals surface area contributed by atoms with Crippen LogP contribution in [0, 0.1) is 0 Å². The maximum Gasteiger partial charge on any atom is 0.272 e. The van der Waals surface area contributed by atoms with E-state index in [1.807, 2.05) is 24.3 Å². The molecule has 1 atom stereocenters. The fraction of sp³-hybridized carbons (Fsp3) is 0.304. The highest BCUT2D eigenvalue weighted by atomic mass is 35.5. The molecule has 3 aromatic rings. The van der Waals surface area contributed by atoms with E-state index in [9.17, 15) is 13.2 Å². The molecule has 0 unspecified atom stereocenters. The number of nitrogens with one attached hydrogen (secondary N) is 1. The van der Waals surface area contributed by atoms with Crippen molar-refractivity contribution in [3.05, 3.63) is 58.2 Å². The summed E-state index contributed by atoms with van der Waals surface area (Å²) in [5.74, 6) is 0.839. The topological polar surface area (TPSA) is 99.5 Å². The lowest BCUT2D eigenvalue weighted by Crippen LogP contribution is -2.36. The maximum atomic E-state index is 13.2. The Hall–Kier alpha value is -3.04. The standard InChI is InChI=1S/C23H22ClN3O5S/c1-31-19-10-13-9-18-21(23(28)25-15-7-8-33(29,30)12-15)26-27(16-5-3-14(24)4-6-16)22(18)17(13)11-20(19)32-2/h3-6,10-11,15H,7-9,12H2,1-2H3,(H,25,28)/t15-/m1/s1. The smallest absolute Gasteiger partial charge is 0.272 e. The number of sulfone groups is 1. The SMILES string of the molecule is COc1cc2c(cc1OC)-c1c(c(C(=O)N[C@@H]3CCS(=O)(=O)C3)nn1-c1ccc(Cl)cc1)C2. The average molecular weight is 488 g/mol. The van der Waals surface area contributed by atoms with E-state index in [-0.39, 0.29) is 23.1 Å². The Morgan fingerprint density at radius 2 is 1.85 bits per heavy atom. The molecule has 10 heteroatoms. The van der Waals surface area contributed by atoms with Gasteiger partial charge in [0.15, 0.2) is 27.0 Å². The number of hydrogen-bond acceptors (Lipinski definition) is 6. The number of carbonyl (C=O) groups is 1. The summed E-state index contributed by atoms with van der Waals surface area (Å²) in [4.78, 5) is 13.2. The van der Waals surface area contributed by atoms with Crippen LogP contribution in [0.25, 0.3) is 16.9 Å². The number of ether oxygens (including phenoxy) is 2. The third-order valence-electron chi connectivity index (χ3n) is 6.07. The first kappa shape index (κ1) is 21.8. The normalized spacial score (nSPS) is 18.0. The van der Waals surface area contributed by atoms with Crippen molar-refractivity contribution in [1.29, 1.82) is 0 Å². The minimum Gasteiger partial charge on any atom is -0.493 e. The summed E-state index contributed by atoms with van der Waals surface area (Å²) in [6.07, 6.45) is 0.896. The number of aromatic nitrogens is 2. The van der Waals surface area contributed by atoms with Crippen LogP contribution >= 0.6 is 11.6 Å². The van der Waals surface area contributed by atoms with E-state index in [1.54, 1.807) is 31.0 Å². The number of nitrogens with zero attached hydrogens (tertiary/aromatic N) is 2. The predicted molar refractivity (Wildman–Crippen MR) is 124 cm³/mol. The van der Waals surface area contributed by atoms with Gasteiger partial charge in [0.2, 0.25) is 0 Å². The van der Waals surface area contributed by atoms with E-state index in [2.05, 4.69) is 10.4 Å². The monoisotopic (exact) mass is 487 g/mol. The molecule has 8 nitrogen and oxygen atoms in total. The van der Waals surface area contributed by atoms with Gasteiger partial charge in [0.05, 0.1) is 37.1 Å². The number of benzene rings is 2. The summed E-state index contributed by atoms with van der Waals surface area (Å²) in [5.41, 5.74) is 4.47. The van der Waals surface area contributed by atoms with Crippen LogP contribution in [0.15, 0.2) is 36.4 Å². The van der Waals surface area contributed by atoms with Crippen molar-refractivity contribution in [2.45, 2.75) is 18.9 Å². The third kappa shape index (κ3) is 3.85. The van der Waals surface area contributed by atoms with Crippen LogP contribution in [-0.4, -0.2) is 55.9 Å². The van der Waals surface area contributed by atoms with E-state index >= 15 is 0 Å². The first-order chi connectivity index (χ1) is 15.8. The Balaban J connectivity index is 1.61. The molecule has 0 saturated carbocycles. The number of fused-ring (bicyclic) bond motifs is 3. The van der Waals surface area contributed by atoms with Gasteiger partial charge in [-0.25, -0.2) is 13.1 Å². The second-order valence-electron chi connectivity index (χ2n) is 8.18. The van der Waals surface area contributed by atoms with Crippen LogP contribution < -0.4 is 14.8 Å². The predicted octanol–water partition coefficient (Wildman–Crippen LogP) is 3.03. The Bertz CT molecular complexity index is 1370. The molecule has 5 rings (SSSR count). The minimum atomic E-state index is -3.12. The molecule has 1 amide bonds. The van der Waals surface area contributed by atoms with Crippen molar-refractivity contribution in [2.24, 2.45) is 0 Å². The fourth-order valence-corrected chi connectivity index (χ4v) is 6.29. The van der Waals surface area contributed by atoms with Crippen molar-refractivity contribution in [3.8, 4) is 28.4 Å². The van der Waals surface area contributed by atoms with Gasteiger partial charge in [0, 0.05) is 28.6 Å². The first-order valence-electron chi connectivity index (χ1n) is 10.4. The van der Waals surface area contributed by atoms with Gasteiger partial charge in [-0.2, -0.15) is 5.10 Å². The zero-order valence-electron chi connectivity index (χ0n) is 18.1. The zero-order valence-corrected chi connectivity index (χ0v) is 19.7. The van der Waals surface area contributed by atoms with Crippen LogP contribution in [0.3, 0.4) is 0 Å². The molecule has 1 aliphatic heterocycles. The number of halogens is 1. The van der Waals surface area contributed by atoms with Crippen molar-refractivity contribution >= 4 is 27.3 Å². The van der Waals surface area contributed by atoms with Gasteiger partial charge < -0.3 is 14.8 Å². The second kappa shape index (κ2) is 8.07. The van der Waals surface area contributed by atoms with Crippen LogP contribution in [0.4, 0.5) is 0 Å². The van der Waals surface area contributed by atoms with Crippen molar-refractivity contribution in [3.63, 3.8) is 0 Å². The highest BCUT2D eigenvalue weighted by Crippen LogP contribution is 2.44. The number of methoxy groups -OCH3 is 2. The molecule has 0 bridgehead atoms. The van der Waals surface area contributed by atoms with Crippen molar-refractivity contribution in [2.75, 3.05) is 25.7 Å². The van der Waals surface area contributed by atoms with Crippen LogP contribution in [0.2, 0.25) is 5.02 Å². The Morgan fingerprint density at radius 1 is 1.15 bits per heavy atom. The van der Waals surface area contributed by atoms with E-state index in [0.29, 0.717) is 29.4 Å². The molecular formula is C23H22ClN3O5S. The zero-order chi connectivity index (χ0) is 23.3. The summed E-state index contributed by atoms with van der Waals surface area (Å²) in [5, 5.41) is 8.10. The van der Waals surface area contributed by atoms with Crippen LogP contribution in [0.1, 0.15) is 28.0 Å². The molecule has 172 valence electrons. The molecule has 33 heavy (non-hydrogen) atoms. The molecule has 1 aliphatic carbocycles. The van der Waals surface area contributed by atoms with Crippen LogP contribution in [0.5, 0.6) is 11.5 Å². The summed E-state index contributed by atoms with van der Waals surface area (Å²) in [7, 11) is 0.0378. The second-order valence-corrected chi connectivity index (χ2v) is 10.8. The summed E-state index contributed by atoms with van der Waals surface area (Å²) in [6, 6.07) is 10.6. The molecule has 1 saturated heterocycles. The van der Waals surface area contributed by atoms with Gasteiger partial charge in [-0.1, -0.05) is 11.6 Å². The lowest BCUT2D eigenvalue weighted by Gasteiger charge is -2.12. The van der Waals surface area contributed by atoms with E-state index in [0.717, 1.165) is 28.1 Å². The highest BCUT2D eigenvalue weighted by molar-refractivity contribution is 7.91. The maximum absolute atomic E-state index is 13.2. The van der Waals surface area contributed by atoms with Crippen molar-refractivity contribution < 1.29 is 22.7 Å². The first-order valence-corrected chi connectivity index (χ1v) is 12.6. The van der Waals surface area contributed by atoms with Gasteiger partial charge in [-0.15, -0.1) is 0 Å². The summed E-state index contributed by atoms with van der Waals surface area (Å²) >= 11 is 6.07. The number of carbonyl (C=O) groups excluding carboxylic acids is 1. The fourth-order valence-electron chi connectivity index (χ4n) is 4.49. The summed E-state index contributed by atoms with van der Waals surface area (Å²) in [6.45, 7) is 0. The quantitative estimate of drug-likeness (QED) is 0.464.